The monoisotopic (exact) mass is 268 g/mol. The van der Waals surface area contributed by atoms with Crippen LogP contribution in [0.25, 0.3) is 0 Å². The zero-order valence-electron chi connectivity index (χ0n) is 10.3. The minimum atomic E-state index is -0.833. The molecule has 0 fully saturated rings. The molecule has 0 aromatic heterocycles. The van der Waals surface area contributed by atoms with Crippen LogP contribution in [-0.2, 0) is 4.79 Å². The van der Waals surface area contributed by atoms with Crippen molar-refractivity contribution >= 4 is 17.7 Å². The molecule has 0 bridgehead atoms. The van der Waals surface area contributed by atoms with Crippen molar-refractivity contribution in [2.75, 3.05) is 7.11 Å². The highest BCUT2D eigenvalue weighted by Gasteiger charge is 2.00. The normalized spacial score (nSPS) is 8.78. The van der Waals surface area contributed by atoms with Crippen LogP contribution in [0.1, 0.15) is 6.92 Å². The van der Waals surface area contributed by atoms with Crippen LogP contribution < -0.4 is 4.74 Å². The van der Waals surface area contributed by atoms with Gasteiger partial charge in [0.2, 0.25) is 0 Å². The van der Waals surface area contributed by atoms with Gasteiger partial charge < -0.3 is 14.9 Å². The average Bonchev–Trinajstić information content (AvgIpc) is 2.29. The zero-order chi connectivity index (χ0) is 14.1. The Morgan fingerprint density at radius 2 is 1.67 bits per heavy atom. The summed E-state index contributed by atoms with van der Waals surface area (Å²) in [7, 11) is 1.62. The second-order valence-electron chi connectivity index (χ2n) is 3.17. The number of aliphatic hydroxyl groups is 1. The Morgan fingerprint density at radius 1 is 1.22 bits per heavy atom. The summed E-state index contributed by atoms with van der Waals surface area (Å²) < 4.78 is 5.02. The fraction of sp³-hybridized carbons (Fsp3) is 0.154. The molecule has 1 rings (SSSR count). The minimum absolute atomic E-state index is 0.00539. The van der Waals surface area contributed by atoms with E-state index in [0.29, 0.717) is 4.91 Å². The second-order valence-corrected chi connectivity index (χ2v) is 4.33. The quantitative estimate of drug-likeness (QED) is 0.497. The predicted octanol–water partition coefficient (Wildman–Crippen LogP) is 3.46. The number of aliphatic carboxylic acids is 1. The largest absolute Gasteiger partial charge is 0.507 e. The Balaban J connectivity index is 0.000000631. The first-order valence-electron chi connectivity index (χ1n) is 4.95. The Morgan fingerprint density at radius 3 is 2.00 bits per heavy atom. The molecule has 0 aliphatic carbocycles. The summed E-state index contributed by atoms with van der Waals surface area (Å²) in [5, 5.41) is 16.5. The van der Waals surface area contributed by atoms with Crippen LogP contribution >= 0.6 is 11.8 Å². The SMILES string of the molecule is C=C(O)C(=C)Sc1ccc(OC)cc1.CC(=O)O. The van der Waals surface area contributed by atoms with E-state index in [1.165, 1.54) is 11.8 Å². The number of carboxylic acid groups (broad SMARTS) is 1. The summed E-state index contributed by atoms with van der Waals surface area (Å²) in [6.45, 7) is 8.15. The Bertz CT molecular complexity index is 419. The molecule has 0 unspecified atom stereocenters. The van der Waals surface area contributed by atoms with Crippen molar-refractivity contribution in [3.05, 3.63) is 48.1 Å². The topological polar surface area (TPSA) is 66.8 Å². The molecule has 0 amide bonds. The number of rotatable bonds is 4. The lowest BCUT2D eigenvalue weighted by atomic mass is 10.3. The fourth-order valence-corrected chi connectivity index (χ4v) is 1.52. The molecular weight excluding hydrogens is 252 g/mol. The minimum Gasteiger partial charge on any atom is -0.507 e. The Labute approximate surface area is 111 Å². The second kappa shape index (κ2) is 8.25. The molecule has 4 nitrogen and oxygen atoms in total. The number of aliphatic hydroxyl groups excluding tert-OH is 1. The van der Waals surface area contributed by atoms with E-state index < -0.39 is 5.97 Å². The van der Waals surface area contributed by atoms with Crippen LogP contribution in [0.15, 0.2) is 53.0 Å². The lowest BCUT2D eigenvalue weighted by Gasteiger charge is -2.04. The standard InChI is InChI=1S/C11H12O2S.C2H4O2/c1-8(12)9(2)14-11-6-4-10(13-3)5-7-11;1-2(3)4/h4-7,12H,1-2H2,3H3;1H3,(H,3,4). The first kappa shape index (κ1) is 16.1. The lowest BCUT2D eigenvalue weighted by molar-refractivity contribution is -0.134. The number of hydrogen-bond acceptors (Lipinski definition) is 4. The third-order valence-electron chi connectivity index (χ3n) is 1.62. The third kappa shape index (κ3) is 7.40. The zero-order valence-corrected chi connectivity index (χ0v) is 11.2. The highest BCUT2D eigenvalue weighted by molar-refractivity contribution is 8.03. The maximum atomic E-state index is 9.04. The first-order valence-corrected chi connectivity index (χ1v) is 5.77. The van der Waals surface area contributed by atoms with Gasteiger partial charge in [-0.15, -0.1) is 0 Å². The highest BCUT2D eigenvalue weighted by atomic mass is 32.2. The van der Waals surface area contributed by atoms with E-state index >= 15 is 0 Å². The Kier molecular flexibility index (Phi) is 7.38. The molecule has 1 aromatic rings. The Hall–Kier alpha value is -1.88. The van der Waals surface area contributed by atoms with Gasteiger partial charge >= 0.3 is 0 Å². The summed E-state index contributed by atoms with van der Waals surface area (Å²) in [5.74, 6) is -0.0198. The highest BCUT2D eigenvalue weighted by Crippen LogP contribution is 2.29. The van der Waals surface area contributed by atoms with Crippen LogP contribution in [0.3, 0.4) is 0 Å². The van der Waals surface area contributed by atoms with Gasteiger partial charge in [0.05, 0.1) is 7.11 Å². The van der Waals surface area contributed by atoms with Gasteiger partial charge in [-0.05, 0) is 24.3 Å². The van der Waals surface area contributed by atoms with Gasteiger partial charge in [0, 0.05) is 16.7 Å². The molecule has 0 saturated heterocycles. The van der Waals surface area contributed by atoms with Crippen molar-refractivity contribution in [2.45, 2.75) is 11.8 Å². The van der Waals surface area contributed by atoms with Crippen LogP contribution in [0.4, 0.5) is 0 Å². The number of thioether (sulfide) groups is 1. The maximum absolute atomic E-state index is 9.04. The molecule has 5 heteroatoms. The molecule has 0 radical (unpaired) electrons. The van der Waals surface area contributed by atoms with Gasteiger partial charge in [0.1, 0.15) is 11.5 Å². The summed E-state index contributed by atoms with van der Waals surface area (Å²) in [5.41, 5.74) is 0. The van der Waals surface area contributed by atoms with E-state index in [-0.39, 0.29) is 5.76 Å². The fourth-order valence-electron chi connectivity index (χ4n) is 0.845. The van der Waals surface area contributed by atoms with Gasteiger partial charge in [-0.1, -0.05) is 24.9 Å². The van der Waals surface area contributed by atoms with Crippen molar-refractivity contribution in [2.24, 2.45) is 0 Å². The van der Waals surface area contributed by atoms with Crippen molar-refractivity contribution in [1.29, 1.82) is 0 Å². The maximum Gasteiger partial charge on any atom is 0.300 e. The molecule has 1 aromatic carbocycles. The smallest absolute Gasteiger partial charge is 0.300 e. The van der Waals surface area contributed by atoms with Crippen molar-refractivity contribution in [1.82, 2.24) is 0 Å². The van der Waals surface area contributed by atoms with Gasteiger partial charge in [-0.25, -0.2) is 0 Å². The van der Waals surface area contributed by atoms with E-state index in [1.54, 1.807) is 7.11 Å². The molecule has 0 spiro atoms. The van der Waals surface area contributed by atoms with E-state index in [0.717, 1.165) is 17.6 Å². The van der Waals surface area contributed by atoms with Crippen molar-refractivity contribution in [3.63, 3.8) is 0 Å². The summed E-state index contributed by atoms with van der Waals surface area (Å²) in [6, 6.07) is 7.51. The molecule has 18 heavy (non-hydrogen) atoms. The lowest BCUT2D eigenvalue weighted by Crippen LogP contribution is -1.82. The molecular formula is C13H16O4S. The van der Waals surface area contributed by atoms with Gasteiger partial charge in [0.15, 0.2) is 0 Å². The van der Waals surface area contributed by atoms with Gasteiger partial charge in [0.25, 0.3) is 5.97 Å². The molecule has 2 N–H and O–H groups in total. The van der Waals surface area contributed by atoms with Crippen LogP contribution in [0.2, 0.25) is 0 Å². The van der Waals surface area contributed by atoms with Crippen molar-refractivity contribution < 1.29 is 19.7 Å². The predicted molar refractivity (Wildman–Crippen MR) is 73.1 cm³/mol. The third-order valence-corrected chi connectivity index (χ3v) is 2.61. The average molecular weight is 268 g/mol. The first-order chi connectivity index (χ1) is 8.36. The van der Waals surface area contributed by atoms with E-state index in [9.17, 15) is 0 Å². The summed E-state index contributed by atoms with van der Waals surface area (Å²) >= 11 is 1.37. The van der Waals surface area contributed by atoms with Crippen LogP contribution in [0.5, 0.6) is 5.75 Å². The number of carboxylic acids is 1. The molecule has 98 valence electrons. The molecule has 0 atom stereocenters. The van der Waals surface area contributed by atoms with E-state index in [4.69, 9.17) is 19.7 Å². The molecule has 0 saturated carbocycles. The van der Waals surface area contributed by atoms with E-state index in [1.807, 2.05) is 24.3 Å². The number of ether oxygens (including phenoxy) is 1. The number of carbonyl (C=O) groups is 1. The number of hydrogen-bond donors (Lipinski definition) is 2. The molecule has 0 aliphatic heterocycles. The number of benzene rings is 1. The molecule has 0 heterocycles. The van der Waals surface area contributed by atoms with Gasteiger partial charge in [-0.2, -0.15) is 0 Å². The van der Waals surface area contributed by atoms with Crippen molar-refractivity contribution in [3.8, 4) is 5.75 Å². The van der Waals surface area contributed by atoms with Gasteiger partial charge in [-0.3, -0.25) is 4.79 Å². The molecule has 0 aliphatic rings. The van der Waals surface area contributed by atoms with Crippen LogP contribution in [0, 0.1) is 0 Å². The van der Waals surface area contributed by atoms with Crippen LogP contribution in [-0.4, -0.2) is 23.3 Å². The van der Waals surface area contributed by atoms with E-state index in [2.05, 4.69) is 13.2 Å². The summed E-state index contributed by atoms with van der Waals surface area (Å²) in [6.07, 6.45) is 0. The number of methoxy groups -OCH3 is 1. The summed E-state index contributed by atoms with van der Waals surface area (Å²) in [4.78, 5) is 10.5.